The first-order valence-electron chi connectivity index (χ1n) is 23.1. The first-order chi connectivity index (χ1) is 33.4. The van der Waals surface area contributed by atoms with Gasteiger partial charge in [0.05, 0.1) is 58.7 Å². The number of hydrogen-bond acceptors (Lipinski definition) is 14. The Balaban J connectivity index is 0.00000825. The summed E-state index contributed by atoms with van der Waals surface area (Å²) in [7, 11) is -1.50. The van der Waals surface area contributed by atoms with Crippen LogP contribution in [0.5, 0.6) is 11.5 Å². The lowest BCUT2D eigenvalue weighted by Crippen LogP contribution is -2.46. The Labute approximate surface area is 416 Å². The Morgan fingerprint density at radius 3 is 1.68 bits per heavy atom. The van der Waals surface area contributed by atoms with Crippen LogP contribution in [0.4, 0.5) is 0 Å². The van der Waals surface area contributed by atoms with Gasteiger partial charge in [-0.15, -0.1) is 0 Å². The molecule has 2 aliphatic heterocycles. The lowest BCUT2D eigenvalue weighted by Gasteiger charge is -2.39. The number of benzene rings is 3. The number of rotatable bonds is 20. The van der Waals surface area contributed by atoms with Crippen molar-refractivity contribution in [2.45, 2.75) is 114 Å². The van der Waals surface area contributed by atoms with Crippen LogP contribution in [-0.4, -0.2) is 94.3 Å². The molecule has 3 radical (unpaired) electrons. The fourth-order valence-corrected chi connectivity index (χ4v) is 10.7. The summed E-state index contributed by atoms with van der Waals surface area (Å²) in [6.07, 6.45) is -1.35. The number of methoxy groups -OCH3 is 2. The predicted molar refractivity (Wildman–Crippen MR) is 269 cm³/mol. The minimum atomic E-state index is -2.42. The van der Waals surface area contributed by atoms with Crippen molar-refractivity contribution in [3.8, 4) is 17.6 Å². The average molecular weight is 1010 g/mol. The van der Waals surface area contributed by atoms with E-state index >= 15 is 0 Å². The molecule has 71 heavy (non-hydrogen) atoms. The van der Waals surface area contributed by atoms with E-state index in [0.717, 1.165) is 16.7 Å². The molecule has 0 spiro atoms. The third kappa shape index (κ3) is 12.4. The zero-order valence-corrected chi connectivity index (χ0v) is 43.4. The smallest absolute Gasteiger partial charge is 0.333 e. The van der Waals surface area contributed by atoms with Crippen molar-refractivity contribution in [2.24, 2.45) is 0 Å². The zero-order chi connectivity index (χ0) is 50.4. The summed E-state index contributed by atoms with van der Waals surface area (Å²) < 4.78 is 60.6. The van der Waals surface area contributed by atoms with Crippen molar-refractivity contribution < 1.29 is 41.7 Å². The van der Waals surface area contributed by atoms with Crippen LogP contribution in [0.3, 0.4) is 0 Å². The molecule has 2 N–H and O–H groups in total. The SMILES string of the molecule is COc1ccc(C(OC[C@H]2O[C@@H](n3cc(C)c(=O)[nH]c3=O)C[C@@H]2O[P@@](OCCC#N)OC[C@H]2O[C@@H](n3cc(C)c(=O)[nH]c3=O)C[C@@H]2O[Si](C)(C)C(C)(C)C)(c2ccccc2)c2ccc(OC)cc2)cc1.[B]. The third-order valence-corrected chi connectivity index (χ3v) is 18.8. The Morgan fingerprint density at radius 1 is 0.718 bits per heavy atom. The van der Waals surface area contributed by atoms with Crippen LogP contribution in [0.1, 0.15) is 80.3 Å². The number of hydrogen-bond donors (Lipinski definition) is 2. The monoisotopic (exact) mass is 1010 g/mol. The van der Waals surface area contributed by atoms with Crippen molar-refractivity contribution in [3.05, 3.63) is 161 Å². The largest absolute Gasteiger partial charge is 0.497 e. The molecular weight excluding hydrogens is 948 g/mol. The van der Waals surface area contributed by atoms with Gasteiger partial charge in [-0.05, 0) is 72.9 Å². The molecule has 0 bridgehead atoms. The first kappa shape index (κ1) is 54.9. The molecule has 4 heterocycles. The number of aryl methyl sites for hydroxylation is 2. The number of nitrogens with zero attached hydrogens (tertiary/aromatic N) is 3. The normalized spacial score (nSPS) is 20.8. The summed E-state index contributed by atoms with van der Waals surface area (Å²) in [6.45, 7) is 13.6. The van der Waals surface area contributed by atoms with Gasteiger partial charge in [0, 0.05) is 44.8 Å². The van der Waals surface area contributed by atoms with E-state index in [1.165, 1.54) is 21.5 Å². The minimum absolute atomic E-state index is 0. The molecule has 2 fully saturated rings. The van der Waals surface area contributed by atoms with Crippen molar-refractivity contribution in [1.29, 1.82) is 5.26 Å². The van der Waals surface area contributed by atoms with E-state index in [4.69, 9.17) is 41.7 Å². The van der Waals surface area contributed by atoms with Gasteiger partial charge < -0.3 is 41.7 Å². The Bertz CT molecular complexity index is 2800. The van der Waals surface area contributed by atoms with Gasteiger partial charge in [0.25, 0.3) is 11.1 Å². The maximum absolute atomic E-state index is 13.4. The number of aromatic amines is 2. The highest BCUT2D eigenvalue weighted by molar-refractivity contribution is 7.41. The van der Waals surface area contributed by atoms with E-state index in [9.17, 15) is 24.4 Å². The second kappa shape index (κ2) is 23.4. The lowest BCUT2D eigenvalue weighted by atomic mass is 9.80. The van der Waals surface area contributed by atoms with Crippen LogP contribution < -0.4 is 32.0 Å². The van der Waals surface area contributed by atoms with Crippen LogP contribution in [0.25, 0.3) is 0 Å². The van der Waals surface area contributed by atoms with Crippen molar-refractivity contribution >= 4 is 25.3 Å². The average Bonchev–Trinajstić information content (AvgIpc) is 3.93. The van der Waals surface area contributed by atoms with E-state index in [1.807, 2.05) is 78.9 Å². The Hall–Kier alpha value is -5.46. The molecule has 2 aliphatic rings. The molecule has 3 aromatic carbocycles. The quantitative estimate of drug-likeness (QED) is 0.0352. The van der Waals surface area contributed by atoms with Gasteiger partial charge in [-0.1, -0.05) is 75.4 Å². The van der Waals surface area contributed by atoms with Gasteiger partial charge in [0.1, 0.15) is 41.8 Å². The highest BCUT2D eigenvalue weighted by Crippen LogP contribution is 2.49. The summed E-state index contributed by atoms with van der Waals surface area (Å²) in [4.78, 5) is 56.0. The standard InChI is InChI=1S/C50H62N5O13PSi.B/c1-32-28-54(47(58)52-45(32)56)43-26-39(41(65-43)30-62-50(34-14-11-10-12-15-34,35-16-20-37(60-6)21-17-35)36-18-22-38(61-7)23-19-36)67-69(63-25-13-24-51)64-31-42-40(68-70(8,9)49(3,4)5)27-44(66-42)55-29-33(2)46(57)53-48(55)59;/h10-12,14-23,28-29,39-44H,13,25-27,30-31H2,1-9H3,(H,52,56,58)(H,53,57,59);/t39-,40-,41+,42+,43+,44+,69-;/m0./s1. The highest BCUT2D eigenvalue weighted by Gasteiger charge is 2.47. The van der Waals surface area contributed by atoms with Crippen molar-refractivity contribution in [3.63, 3.8) is 0 Å². The second-order valence-electron chi connectivity index (χ2n) is 18.8. The summed E-state index contributed by atoms with van der Waals surface area (Å²) >= 11 is 0. The predicted octanol–water partition coefficient (Wildman–Crippen LogP) is 6.87. The molecule has 0 saturated carbocycles. The fourth-order valence-electron chi connectivity index (χ4n) is 8.22. The van der Waals surface area contributed by atoms with E-state index in [0.29, 0.717) is 22.6 Å². The Kier molecular flexibility index (Phi) is 18.1. The van der Waals surface area contributed by atoms with E-state index in [1.54, 1.807) is 28.1 Å². The van der Waals surface area contributed by atoms with Gasteiger partial charge >= 0.3 is 20.0 Å². The molecule has 0 amide bonds. The molecule has 7 rings (SSSR count). The number of nitrogens with one attached hydrogen (secondary N) is 2. The van der Waals surface area contributed by atoms with Gasteiger partial charge in [0.2, 0.25) is 0 Å². The summed E-state index contributed by atoms with van der Waals surface area (Å²) in [6, 6.07) is 27.0. The van der Waals surface area contributed by atoms with Crippen LogP contribution in [0.15, 0.2) is 110 Å². The van der Waals surface area contributed by atoms with Gasteiger partial charge in [-0.2, -0.15) is 5.26 Å². The molecule has 18 nitrogen and oxygen atoms in total. The van der Waals surface area contributed by atoms with Crippen LogP contribution in [0.2, 0.25) is 18.1 Å². The highest BCUT2D eigenvalue weighted by atomic mass is 31.2. The number of H-pyrrole nitrogens is 2. The van der Waals surface area contributed by atoms with Crippen molar-refractivity contribution in [1.82, 2.24) is 19.1 Å². The molecular formula is C50H62BN5O13PSi. The molecule has 2 aromatic heterocycles. The Morgan fingerprint density at radius 2 is 1.20 bits per heavy atom. The molecule has 0 unspecified atom stereocenters. The van der Waals surface area contributed by atoms with Crippen LogP contribution in [0, 0.1) is 25.2 Å². The number of ether oxygens (including phenoxy) is 5. The topological polar surface area (TPSA) is 217 Å². The lowest BCUT2D eigenvalue weighted by molar-refractivity contribution is -0.0939. The number of aromatic nitrogens is 4. The maximum Gasteiger partial charge on any atom is 0.333 e. The zero-order valence-electron chi connectivity index (χ0n) is 41.5. The van der Waals surface area contributed by atoms with E-state index in [2.05, 4.69) is 49.9 Å². The summed E-state index contributed by atoms with van der Waals surface area (Å²) in [5.74, 6) is 1.30. The molecule has 7 atom stereocenters. The summed E-state index contributed by atoms with van der Waals surface area (Å²) in [5.41, 5.74) is -0.534. The second-order valence-corrected chi connectivity index (χ2v) is 24.8. The van der Waals surface area contributed by atoms with Crippen LogP contribution in [-0.2, 0) is 37.8 Å². The van der Waals surface area contributed by atoms with Crippen molar-refractivity contribution in [2.75, 3.05) is 34.0 Å². The molecule has 21 heteroatoms. The van der Waals surface area contributed by atoms with E-state index < -0.39 is 81.9 Å². The van der Waals surface area contributed by atoms with E-state index in [-0.39, 0.29) is 52.5 Å². The van der Waals surface area contributed by atoms with Gasteiger partial charge in [-0.25, -0.2) is 9.59 Å². The minimum Gasteiger partial charge on any atom is -0.497 e. The molecule has 377 valence electrons. The molecule has 2 saturated heterocycles. The third-order valence-electron chi connectivity index (χ3n) is 13.1. The summed E-state index contributed by atoms with van der Waals surface area (Å²) in [5, 5.41) is 9.37. The van der Waals surface area contributed by atoms with Gasteiger partial charge in [-0.3, -0.25) is 28.7 Å². The van der Waals surface area contributed by atoms with Gasteiger partial charge in [0.15, 0.2) is 8.32 Å². The fraction of sp³-hybridized carbons (Fsp3) is 0.460. The maximum atomic E-state index is 13.4. The molecule has 0 aliphatic carbocycles. The number of nitriles is 1. The first-order valence-corrected chi connectivity index (χ1v) is 27.1. The van der Waals surface area contributed by atoms with Crippen LogP contribution >= 0.6 is 8.60 Å². The molecule has 5 aromatic rings.